The van der Waals surface area contributed by atoms with Crippen molar-refractivity contribution >= 4 is 0 Å². The first-order valence-corrected chi connectivity index (χ1v) is 10.2. The van der Waals surface area contributed by atoms with Gasteiger partial charge in [0.15, 0.2) is 0 Å². The first-order chi connectivity index (χ1) is 13.3. The number of likely N-dealkylation sites (tertiary alicyclic amines) is 1. The maximum atomic E-state index is 10.3. The zero-order valence-corrected chi connectivity index (χ0v) is 15.8. The summed E-state index contributed by atoms with van der Waals surface area (Å²) in [6.07, 6.45) is 3.13. The van der Waals surface area contributed by atoms with Crippen LogP contribution >= 0.6 is 0 Å². The van der Waals surface area contributed by atoms with Crippen molar-refractivity contribution < 1.29 is 9.84 Å². The van der Waals surface area contributed by atoms with E-state index in [4.69, 9.17) is 4.74 Å². The number of aliphatic hydroxyl groups excluding tert-OH is 1. The second-order valence-corrected chi connectivity index (χ2v) is 7.88. The molecule has 1 heterocycles. The molecule has 3 atom stereocenters. The molecule has 2 aliphatic rings. The number of benzene rings is 2. The van der Waals surface area contributed by atoms with E-state index in [0.29, 0.717) is 31.2 Å². The third kappa shape index (κ3) is 5.32. The predicted molar refractivity (Wildman–Crippen MR) is 108 cm³/mol. The summed E-state index contributed by atoms with van der Waals surface area (Å²) in [5, 5.41) is 14.1. The lowest BCUT2D eigenvalue weighted by molar-refractivity contribution is 0.0578. The molecule has 1 aliphatic heterocycles. The van der Waals surface area contributed by atoms with Gasteiger partial charge in [0.25, 0.3) is 0 Å². The van der Waals surface area contributed by atoms with Gasteiger partial charge in [-0.05, 0) is 50.0 Å². The van der Waals surface area contributed by atoms with Crippen LogP contribution < -0.4 is 10.1 Å². The Morgan fingerprint density at radius 2 is 1.67 bits per heavy atom. The molecule has 4 heteroatoms. The van der Waals surface area contributed by atoms with Crippen molar-refractivity contribution in [2.45, 2.75) is 43.4 Å². The number of hydrogen-bond acceptors (Lipinski definition) is 4. The molecule has 0 spiro atoms. The van der Waals surface area contributed by atoms with Crippen LogP contribution in [0.3, 0.4) is 0 Å². The van der Waals surface area contributed by atoms with E-state index in [-0.39, 0.29) is 0 Å². The van der Waals surface area contributed by atoms with E-state index >= 15 is 0 Å². The monoisotopic (exact) mass is 366 g/mol. The summed E-state index contributed by atoms with van der Waals surface area (Å²) in [5.74, 6) is 1.51. The van der Waals surface area contributed by atoms with Gasteiger partial charge in [0.05, 0.1) is 0 Å². The summed E-state index contributed by atoms with van der Waals surface area (Å²) >= 11 is 0. The highest BCUT2D eigenvalue weighted by Gasteiger charge is 2.39. The Labute approximate surface area is 162 Å². The van der Waals surface area contributed by atoms with Crippen LogP contribution in [-0.2, 0) is 0 Å². The number of hydrogen-bond donors (Lipinski definition) is 2. The summed E-state index contributed by atoms with van der Waals surface area (Å²) in [6.45, 7) is 3.13. The number of rotatable bonds is 8. The third-order valence-electron chi connectivity index (χ3n) is 5.71. The van der Waals surface area contributed by atoms with Crippen molar-refractivity contribution in [1.29, 1.82) is 0 Å². The number of para-hydroxylation sites is 1. The van der Waals surface area contributed by atoms with Crippen LogP contribution in [-0.4, -0.2) is 54.4 Å². The molecule has 0 radical (unpaired) electrons. The first-order valence-electron chi connectivity index (χ1n) is 10.2. The van der Waals surface area contributed by atoms with Crippen LogP contribution in [0.4, 0.5) is 0 Å². The molecule has 0 unspecified atom stereocenters. The van der Waals surface area contributed by atoms with Crippen LogP contribution in [0.15, 0.2) is 60.7 Å². The lowest BCUT2D eigenvalue weighted by atomic mass is 10.0. The van der Waals surface area contributed by atoms with Crippen LogP contribution in [0.5, 0.6) is 5.75 Å². The molecular formula is C23H30N2O2. The maximum absolute atomic E-state index is 10.3. The van der Waals surface area contributed by atoms with Crippen LogP contribution in [0.1, 0.15) is 30.7 Å². The Morgan fingerprint density at radius 1 is 1.00 bits per heavy atom. The van der Waals surface area contributed by atoms with Gasteiger partial charge >= 0.3 is 0 Å². The normalized spacial score (nSPS) is 24.5. The van der Waals surface area contributed by atoms with Crippen molar-refractivity contribution in [3.8, 4) is 5.75 Å². The van der Waals surface area contributed by atoms with Gasteiger partial charge in [-0.2, -0.15) is 0 Å². The fraction of sp³-hybridized carbons (Fsp3) is 0.478. The Balaban J connectivity index is 1.13. The van der Waals surface area contributed by atoms with Crippen LogP contribution in [0.2, 0.25) is 0 Å². The van der Waals surface area contributed by atoms with Gasteiger partial charge in [-0.15, -0.1) is 0 Å². The minimum atomic E-state index is -0.444. The molecule has 0 aromatic heterocycles. The zero-order valence-electron chi connectivity index (χ0n) is 15.8. The fourth-order valence-electron chi connectivity index (χ4n) is 4.09. The lowest BCUT2D eigenvalue weighted by Gasteiger charge is -2.33. The smallest absolute Gasteiger partial charge is 0.119 e. The Bertz CT molecular complexity index is 686. The summed E-state index contributed by atoms with van der Waals surface area (Å²) in [7, 11) is 0. The SMILES string of the molecule is O[C@@H](COc1ccccc1)CN1CCC(N[C@H]2C[C@@H]2c2ccccc2)CC1. The van der Waals surface area contributed by atoms with Gasteiger partial charge in [-0.25, -0.2) is 0 Å². The van der Waals surface area contributed by atoms with Crippen molar-refractivity contribution in [2.24, 2.45) is 0 Å². The number of β-amino-alcohol motifs (C(OH)–C–C–N with tert-alkyl or cyclic N) is 1. The highest BCUT2D eigenvalue weighted by Crippen LogP contribution is 2.41. The fourth-order valence-corrected chi connectivity index (χ4v) is 4.09. The predicted octanol–water partition coefficient (Wildman–Crippen LogP) is 3.04. The molecule has 0 bridgehead atoms. The molecule has 1 saturated heterocycles. The molecule has 4 nitrogen and oxygen atoms in total. The van der Waals surface area contributed by atoms with Gasteiger partial charge in [0, 0.05) is 24.5 Å². The van der Waals surface area contributed by atoms with Gasteiger partial charge in [-0.1, -0.05) is 48.5 Å². The highest BCUT2D eigenvalue weighted by atomic mass is 16.5. The molecule has 27 heavy (non-hydrogen) atoms. The van der Waals surface area contributed by atoms with E-state index in [1.54, 1.807) is 0 Å². The Kier molecular flexibility index (Phi) is 6.07. The van der Waals surface area contributed by atoms with Crippen molar-refractivity contribution in [1.82, 2.24) is 10.2 Å². The summed E-state index contributed by atoms with van der Waals surface area (Å²) in [6, 6.07) is 21.8. The zero-order chi connectivity index (χ0) is 18.5. The highest BCUT2D eigenvalue weighted by molar-refractivity contribution is 5.27. The number of nitrogens with one attached hydrogen (secondary N) is 1. The number of piperidine rings is 1. The molecule has 2 aromatic carbocycles. The van der Waals surface area contributed by atoms with E-state index in [2.05, 4.69) is 40.5 Å². The quantitative estimate of drug-likeness (QED) is 0.754. The molecule has 1 saturated carbocycles. The molecule has 144 valence electrons. The molecule has 2 N–H and O–H groups in total. The number of nitrogens with zero attached hydrogens (tertiary/aromatic N) is 1. The van der Waals surface area contributed by atoms with Crippen LogP contribution in [0, 0.1) is 0 Å². The summed E-state index contributed by atoms with van der Waals surface area (Å²) < 4.78 is 5.66. The largest absolute Gasteiger partial charge is 0.491 e. The average molecular weight is 367 g/mol. The molecular weight excluding hydrogens is 336 g/mol. The van der Waals surface area contributed by atoms with Gasteiger partial charge in [-0.3, -0.25) is 0 Å². The minimum Gasteiger partial charge on any atom is -0.491 e. The molecule has 1 aliphatic carbocycles. The second kappa shape index (κ2) is 8.87. The molecule has 2 fully saturated rings. The van der Waals surface area contributed by atoms with E-state index in [9.17, 15) is 5.11 Å². The van der Waals surface area contributed by atoms with Crippen molar-refractivity contribution in [3.05, 3.63) is 66.2 Å². The third-order valence-corrected chi connectivity index (χ3v) is 5.71. The Hall–Kier alpha value is -1.88. The lowest BCUT2D eigenvalue weighted by Crippen LogP contribution is -2.46. The van der Waals surface area contributed by atoms with E-state index in [0.717, 1.165) is 31.7 Å². The minimum absolute atomic E-state index is 0.350. The first kappa shape index (κ1) is 18.5. The maximum Gasteiger partial charge on any atom is 0.119 e. The van der Waals surface area contributed by atoms with Gasteiger partial charge in [0.1, 0.15) is 18.5 Å². The second-order valence-electron chi connectivity index (χ2n) is 7.88. The van der Waals surface area contributed by atoms with Crippen molar-refractivity contribution in [2.75, 3.05) is 26.2 Å². The molecule has 0 amide bonds. The summed E-state index contributed by atoms with van der Waals surface area (Å²) in [4.78, 5) is 2.36. The van der Waals surface area contributed by atoms with E-state index in [1.807, 2.05) is 30.3 Å². The van der Waals surface area contributed by atoms with Crippen molar-refractivity contribution in [3.63, 3.8) is 0 Å². The van der Waals surface area contributed by atoms with Crippen LogP contribution in [0.25, 0.3) is 0 Å². The average Bonchev–Trinajstić information content (AvgIpc) is 3.49. The van der Waals surface area contributed by atoms with E-state index < -0.39 is 6.10 Å². The standard InChI is InChI=1S/C23H30N2O2/c26-20(17-27-21-9-5-2-6-10-21)16-25-13-11-19(12-14-25)24-23-15-22(23)18-7-3-1-4-8-18/h1-10,19-20,22-24,26H,11-17H2/t20-,22-,23+/m1/s1. The van der Waals surface area contributed by atoms with Gasteiger partial charge in [0.2, 0.25) is 0 Å². The van der Waals surface area contributed by atoms with E-state index in [1.165, 1.54) is 12.0 Å². The van der Waals surface area contributed by atoms with Gasteiger partial charge < -0.3 is 20.1 Å². The number of aliphatic hydroxyl groups is 1. The topological polar surface area (TPSA) is 44.7 Å². The number of ether oxygens (including phenoxy) is 1. The molecule has 4 rings (SSSR count). The summed E-state index contributed by atoms with van der Waals surface area (Å²) in [5.41, 5.74) is 1.47. The molecule has 2 aromatic rings. The Morgan fingerprint density at radius 3 is 2.37 bits per heavy atom.